The number of nitrogens with zero attached hydrogens (tertiary/aromatic N) is 1. The van der Waals surface area contributed by atoms with Crippen LogP contribution in [0.2, 0.25) is 0 Å². The summed E-state index contributed by atoms with van der Waals surface area (Å²) in [5.41, 5.74) is -0.595. The molecule has 0 fully saturated rings. The molecule has 1 aliphatic carbocycles. The van der Waals surface area contributed by atoms with Gasteiger partial charge in [0.25, 0.3) is 11.7 Å². The molecule has 0 radical (unpaired) electrons. The smallest absolute Gasteiger partial charge is 0.312 e. The van der Waals surface area contributed by atoms with E-state index in [9.17, 15) is 34.5 Å². The fourth-order valence-electron chi connectivity index (χ4n) is 8.69. The maximum Gasteiger partial charge on any atom is 0.312 e. The number of hydrogen-bond donors (Lipinski definition) is 6. The highest BCUT2D eigenvalue weighted by Gasteiger charge is 2.50. The molecule has 4 aliphatic rings. The number of aliphatic hydroxyl groups is 2. The highest BCUT2D eigenvalue weighted by Crippen LogP contribution is 2.50. The molecule has 3 aliphatic heterocycles. The molecule has 0 aromatic heterocycles. The summed E-state index contributed by atoms with van der Waals surface area (Å²) in [4.78, 5) is 60.8. The number of esters is 1. The van der Waals surface area contributed by atoms with Crippen LogP contribution in [0.1, 0.15) is 78.2 Å². The van der Waals surface area contributed by atoms with Crippen molar-refractivity contribution in [3.8, 4) is 28.7 Å². The topological polar surface area (TPSA) is 237 Å². The van der Waals surface area contributed by atoms with E-state index in [0.29, 0.717) is 30.5 Å². The van der Waals surface area contributed by atoms with E-state index in [-0.39, 0.29) is 55.9 Å². The van der Waals surface area contributed by atoms with Crippen LogP contribution in [-0.2, 0) is 23.8 Å². The van der Waals surface area contributed by atoms with Gasteiger partial charge in [-0.05, 0) is 32.1 Å². The van der Waals surface area contributed by atoms with E-state index >= 15 is 0 Å². The third kappa shape index (κ3) is 10.5. The van der Waals surface area contributed by atoms with Gasteiger partial charge < -0.3 is 59.4 Å². The lowest BCUT2D eigenvalue weighted by Crippen LogP contribution is -2.46. The van der Waals surface area contributed by atoms with Gasteiger partial charge in [-0.3, -0.25) is 19.2 Å². The minimum Gasteiger partial charge on any atom is -0.507 e. The number of Topliss-reactive ketones (excluding diaryl/α,β-unsaturated/α-hetero) is 1. The Morgan fingerprint density at radius 3 is 2.40 bits per heavy atom. The number of ketones is 1. The predicted molar refractivity (Wildman–Crippen MR) is 252 cm³/mol. The Kier molecular flexibility index (Phi) is 15.8. The molecule has 0 saturated carbocycles. The first-order chi connectivity index (χ1) is 31.7. The monoisotopic (exact) mass is 928 g/mol. The van der Waals surface area contributed by atoms with Crippen molar-refractivity contribution in [2.75, 3.05) is 38.7 Å². The Hall–Kier alpha value is -5.85. The van der Waals surface area contributed by atoms with Crippen LogP contribution in [0.5, 0.6) is 17.2 Å². The fraction of sp³-hybridized carbons (Fsp3) is 0.500. The number of aromatic hydroxyl groups is 1. The van der Waals surface area contributed by atoms with E-state index in [0.717, 1.165) is 13.1 Å². The van der Waals surface area contributed by atoms with E-state index < -0.39 is 82.7 Å². The van der Waals surface area contributed by atoms with Crippen molar-refractivity contribution in [2.45, 2.75) is 105 Å². The fourth-order valence-corrected chi connectivity index (χ4v) is 8.69. The first-order valence-electron chi connectivity index (χ1n) is 22.7. The Bertz CT molecular complexity index is 2620. The summed E-state index contributed by atoms with van der Waals surface area (Å²) < 4.78 is 36.4. The molecule has 4 bridgehead atoms. The summed E-state index contributed by atoms with van der Waals surface area (Å²) in [5, 5.41) is 43.8. The van der Waals surface area contributed by atoms with E-state index in [4.69, 9.17) is 33.1 Å². The lowest BCUT2D eigenvalue weighted by atomic mass is 9.78. The Balaban J connectivity index is 1.51. The third-order valence-corrected chi connectivity index (χ3v) is 12.7. The number of fused-ring (bicyclic) bond motifs is 2. The molecule has 2 aromatic rings. The normalized spacial score (nSPS) is 28.0. The maximum absolute atomic E-state index is 14.8. The second-order valence-corrected chi connectivity index (χ2v) is 18.1. The molecule has 17 nitrogen and oxygen atoms in total. The molecule has 0 saturated heterocycles. The molecule has 2 aromatic carbocycles. The molecule has 0 spiro atoms. The predicted octanol–water partition coefficient (Wildman–Crippen LogP) is 5.92. The molecular weight excluding hydrogens is 865 g/mol. The molecule has 362 valence electrons. The molecule has 9 atom stereocenters. The number of benzene rings is 3. The summed E-state index contributed by atoms with van der Waals surface area (Å²) in [5.74, 6) is -6.85. The van der Waals surface area contributed by atoms with Gasteiger partial charge in [-0.2, -0.15) is 0 Å². The van der Waals surface area contributed by atoms with Crippen molar-refractivity contribution in [3.63, 3.8) is 0 Å². The quantitative estimate of drug-likeness (QED) is 0.0469. The highest BCUT2D eigenvalue weighted by atomic mass is 16.7. The van der Waals surface area contributed by atoms with Crippen molar-refractivity contribution in [1.82, 2.24) is 15.6 Å². The minimum atomic E-state index is -2.04. The molecule has 1 amide bonds. The van der Waals surface area contributed by atoms with Gasteiger partial charge in [0, 0.05) is 92.9 Å². The van der Waals surface area contributed by atoms with Gasteiger partial charge in [-0.1, -0.05) is 59.8 Å². The summed E-state index contributed by atoms with van der Waals surface area (Å²) in [6.07, 6.45) is 3.58. The zero-order valence-electron chi connectivity index (χ0n) is 40.0. The summed E-state index contributed by atoms with van der Waals surface area (Å²) >= 11 is 0. The molecular formula is C50H64N4O13. The van der Waals surface area contributed by atoms with E-state index in [1.54, 1.807) is 58.0 Å². The number of phenols is 1. The molecule has 0 unspecified atom stereocenters. The number of carbonyl (C=O) groups excluding carboxylic acids is 3. The van der Waals surface area contributed by atoms with Crippen LogP contribution in [-0.4, -0.2) is 108 Å². The number of aliphatic hydroxyl groups excluding tert-OH is 2. The SMILES string of the molecule is CO[C@H]1/C=C/O[C@@]2(C)Oc3c(C)c(O)c4c(=O)c(c5oc6cc(OCCNCCNC(C)C)ccc6nc-5c4c3C2=O)NC(=O)/C(C)=C\C=C\[C@H](C)[C@H](O)[C@@H](C)[C@@H](O)[C@@H](C)[C@H](OC(C)=O)[C@@H]1C. The molecule has 6 N–H and O–H groups in total. The summed E-state index contributed by atoms with van der Waals surface area (Å²) in [7, 11) is 1.44. The lowest BCUT2D eigenvalue weighted by molar-refractivity contribution is -0.160. The lowest BCUT2D eigenvalue weighted by Gasteiger charge is -2.38. The number of rotatable bonds is 10. The van der Waals surface area contributed by atoms with Crippen molar-refractivity contribution >= 4 is 45.2 Å². The highest BCUT2D eigenvalue weighted by molar-refractivity contribution is 6.22. The number of nitrogens with one attached hydrogen (secondary N) is 3. The number of ether oxygens (including phenoxy) is 5. The number of allylic oxidation sites excluding steroid dienone is 2. The molecule has 6 rings (SSSR count). The van der Waals surface area contributed by atoms with Crippen LogP contribution < -0.4 is 30.9 Å². The van der Waals surface area contributed by atoms with E-state index in [2.05, 4.69) is 29.8 Å². The van der Waals surface area contributed by atoms with Gasteiger partial charge in [0.05, 0.1) is 35.5 Å². The van der Waals surface area contributed by atoms with Crippen LogP contribution in [0, 0.1) is 30.6 Å². The van der Waals surface area contributed by atoms with Crippen LogP contribution in [0.4, 0.5) is 5.69 Å². The van der Waals surface area contributed by atoms with Crippen molar-refractivity contribution in [1.29, 1.82) is 0 Å². The zero-order valence-corrected chi connectivity index (χ0v) is 40.0. The Morgan fingerprint density at radius 2 is 1.72 bits per heavy atom. The zero-order chi connectivity index (χ0) is 49.1. The average molecular weight is 929 g/mol. The van der Waals surface area contributed by atoms with Crippen molar-refractivity contribution in [2.24, 2.45) is 23.7 Å². The third-order valence-electron chi connectivity index (χ3n) is 12.7. The number of anilines is 1. The Labute approximate surface area is 389 Å². The summed E-state index contributed by atoms with van der Waals surface area (Å²) in [6, 6.07) is 5.35. The van der Waals surface area contributed by atoms with Crippen molar-refractivity contribution in [3.05, 3.63) is 75.7 Å². The van der Waals surface area contributed by atoms with Gasteiger partial charge in [0.2, 0.25) is 5.43 Å². The number of carbonyl (C=O) groups is 3. The Morgan fingerprint density at radius 1 is 0.985 bits per heavy atom. The average Bonchev–Trinajstić information content (AvgIpc) is 3.55. The van der Waals surface area contributed by atoms with Crippen LogP contribution in [0.3, 0.4) is 0 Å². The molecule has 17 heteroatoms. The first-order valence-corrected chi connectivity index (χ1v) is 22.7. The van der Waals surface area contributed by atoms with E-state index in [1.165, 1.54) is 53.2 Å². The van der Waals surface area contributed by atoms with Crippen LogP contribution in [0.15, 0.2) is 63.6 Å². The van der Waals surface area contributed by atoms with Gasteiger partial charge in [0.15, 0.2) is 11.3 Å². The maximum atomic E-state index is 14.8. The van der Waals surface area contributed by atoms with Crippen LogP contribution in [0.25, 0.3) is 33.3 Å². The second kappa shape index (κ2) is 21.0. The number of aromatic nitrogens is 1. The second-order valence-electron chi connectivity index (χ2n) is 18.1. The largest absolute Gasteiger partial charge is 0.507 e. The van der Waals surface area contributed by atoms with Gasteiger partial charge >= 0.3 is 11.8 Å². The van der Waals surface area contributed by atoms with E-state index in [1.807, 2.05) is 0 Å². The minimum absolute atomic E-state index is 0.0254. The molecule has 67 heavy (non-hydrogen) atoms. The van der Waals surface area contributed by atoms with Gasteiger partial charge in [-0.15, -0.1) is 0 Å². The van der Waals surface area contributed by atoms with Gasteiger partial charge in [0.1, 0.15) is 46.9 Å². The van der Waals surface area contributed by atoms with Crippen LogP contribution >= 0.6 is 0 Å². The standard InChI is InChI=1S/C50H64N4O13/c1-24(2)52-19-18-51-20-22-63-32-15-16-33-35(23-32)66-47-39(53-33)36-37-43(58)30(8)46-38(36)48(60)50(10,67-46)64-21-17-34(62-11)27(5)45(65-31(9)55)29(7)42(57)28(6)41(56)25(3)13-12-14-26(4)49(61)54-40(47)44(37)59/h12-17,21,23-25,27-29,34,41-42,45,51-52,56-58H,18-20,22H2,1-11H3,(H,54,61)/b13-12+,21-17+,26-14-/t25-,27+,28+,29+,34-,41-,42+,45+,50-/m0/s1. The summed E-state index contributed by atoms with van der Waals surface area (Å²) in [6.45, 7) is 19.2. The number of phenolic OH excluding ortho intramolecular Hbond substituents is 1. The number of hydrogen-bond acceptors (Lipinski definition) is 16. The van der Waals surface area contributed by atoms with Crippen molar-refractivity contribution < 1.29 is 57.8 Å². The number of amides is 1. The first kappa shape index (κ1) is 50.6. The van der Waals surface area contributed by atoms with Gasteiger partial charge in [-0.25, -0.2) is 4.98 Å². The molecule has 3 heterocycles. The number of methoxy groups -OCH3 is 1.